The van der Waals surface area contributed by atoms with E-state index in [0.717, 1.165) is 48.3 Å². The monoisotopic (exact) mass is 406 g/mol. The number of aromatic nitrogens is 2. The van der Waals surface area contributed by atoms with Crippen molar-refractivity contribution in [2.45, 2.75) is 25.3 Å². The third-order valence-corrected chi connectivity index (χ3v) is 5.19. The van der Waals surface area contributed by atoms with Gasteiger partial charge < -0.3 is 15.0 Å². The van der Waals surface area contributed by atoms with Gasteiger partial charge >= 0.3 is 0 Å². The summed E-state index contributed by atoms with van der Waals surface area (Å²) in [6.07, 6.45) is 5.06. The van der Waals surface area contributed by atoms with Crippen LogP contribution in [0.2, 0.25) is 0 Å². The van der Waals surface area contributed by atoms with Gasteiger partial charge in [0.05, 0.1) is 43.3 Å². The normalized spacial score (nSPS) is 15.8. The van der Waals surface area contributed by atoms with Gasteiger partial charge in [-0.25, -0.2) is 9.37 Å². The molecule has 6 nitrogen and oxygen atoms in total. The van der Waals surface area contributed by atoms with Crippen molar-refractivity contribution in [3.63, 3.8) is 0 Å². The first kappa shape index (κ1) is 19.8. The topological polar surface area (TPSA) is 67.3 Å². The molecule has 0 bridgehead atoms. The molecular formula is C23H23FN4O2. The van der Waals surface area contributed by atoms with Crippen LogP contribution in [-0.4, -0.2) is 34.4 Å². The Morgan fingerprint density at radius 1 is 1.20 bits per heavy atom. The van der Waals surface area contributed by atoms with Gasteiger partial charge in [-0.3, -0.25) is 9.78 Å². The van der Waals surface area contributed by atoms with Crippen LogP contribution in [0.5, 0.6) is 5.75 Å². The molecule has 0 aliphatic carbocycles. The Balaban J connectivity index is 1.43. The number of benzene rings is 1. The number of anilines is 2. The molecule has 0 saturated carbocycles. The fraction of sp³-hybridized carbons (Fsp3) is 0.261. The highest BCUT2D eigenvalue weighted by molar-refractivity contribution is 5.79. The Morgan fingerprint density at radius 2 is 2.10 bits per heavy atom. The first-order valence-electron chi connectivity index (χ1n) is 9.89. The number of hydrogen-bond donors (Lipinski definition) is 1. The molecule has 0 spiro atoms. The summed E-state index contributed by atoms with van der Waals surface area (Å²) in [4.78, 5) is 23.4. The van der Waals surface area contributed by atoms with E-state index in [0.29, 0.717) is 12.2 Å². The van der Waals surface area contributed by atoms with Crippen LogP contribution in [0.15, 0.2) is 60.9 Å². The zero-order chi connectivity index (χ0) is 20.9. The van der Waals surface area contributed by atoms with Crippen LogP contribution < -0.4 is 10.1 Å². The molecule has 1 atom stereocenters. The molecule has 1 aliphatic heterocycles. The van der Waals surface area contributed by atoms with Gasteiger partial charge in [0.25, 0.3) is 0 Å². The number of pyridine rings is 2. The van der Waals surface area contributed by atoms with Crippen molar-refractivity contribution in [2.75, 3.05) is 19.0 Å². The fourth-order valence-corrected chi connectivity index (χ4v) is 3.71. The molecule has 4 rings (SSSR count). The van der Waals surface area contributed by atoms with Gasteiger partial charge in [0.2, 0.25) is 5.91 Å². The molecular weight excluding hydrogens is 383 g/mol. The minimum absolute atomic E-state index is 0.0268. The van der Waals surface area contributed by atoms with E-state index in [-0.39, 0.29) is 17.8 Å². The van der Waals surface area contributed by atoms with Crippen molar-refractivity contribution in [3.8, 4) is 5.75 Å². The number of nitrogens with one attached hydrogen (secondary N) is 1. The Kier molecular flexibility index (Phi) is 5.88. The average molecular weight is 406 g/mol. The van der Waals surface area contributed by atoms with Crippen molar-refractivity contribution in [1.82, 2.24) is 14.9 Å². The van der Waals surface area contributed by atoms with Crippen LogP contribution in [0.4, 0.5) is 15.9 Å². The van der Waals surface area contributed by atoms with Gasteiger partial charge in [0.15, 0.2) is 0 Å². The lowest BCUT2D eigenvalue weighted by Gasteiger charge is -2.24. The molecule has 1 fully saturated rings. The van der Waals surface area contributed by atoms with Gasteiger partial charge in [0.1, 0.15) is 17.4 Å². The molecule has 0 radical (unpaired) electrons. The van der Waals surface area contributed by atoms with E-state index in [1.54, 1.807) is 19.4 Å². The predicted molar refractivity (Wildman–Crippen MR) is 112 cm³/mol. The maximum absolute atomic E-state index is 13.0. The zero-order valence-electron chi connectivity index (χ0n) is 16.7. The van der Waals surface area contributed by atoms with Gasteiger partial charge in [-0.05, 0) is 54.8 Å². The number of likely N-dealkylation sites (tertiary alicyclic amines) is 1. The number of halogens is 1. The number of methoxy groups -OCH3 is 1. The molecule has 3 aromatic rings. The lowest BCUT2D eigenvalue weighted by Crippen LogP contribution is -2.32. The Hall–Kier alpha value is -3.48. The predicted octanol–water partition coefficient (Wildman–Crippen LogP) is 4.27. The van der Waals surface area contributed by atoms with Crippen molar-refractivity contribution in [1.29, 1.82) is 0 Å². The molecule has 30 heavy (non-hydrogen) atoms. The summed E-state index contributed by atoms with van der Waals surface area (Å²) in [5.74, 6) is 1.000. The molecule has 1 N–H and O–H groups in total. The lowest BCUT2D eigenvalue weighted by atomic mass is 10.1. The summed E-state index contributed by atoms with van der Waals surface area (Å²) < 4.78 is 18.2. The standard InChI is InChI=1S/C23H23FN4O2/c1-30-19-5-2-4-16(12-19)13-23(29)28-11-3-6-21(28)20-9-8-18(15-25-20)27-22-10-7-17(24)14-26-22/h2,4-5,7-10,12,14-15,21H,3,6,11,13H2,1H3,(H,26,27)/t21-/m1/s1. The molecule has 2 aromatic heterocycles. The second kappa shape index (κ2) is 8.90. The SMILES string of the molecule is COc1cccc(CC(=O)N2CCC[C@@H]2c2ccc(Nc3ccc(F)cn3)cn2)c1. The zero-order valence-corrected chi connectivity index (χ0v) is 16.7. The Bertz CT molecular complexity index is 1010. The number of carbonyl (C=O) groups is 1. The summed E-state index contributed by atoms with van der Waals surface area (Å²) in [6, 6.07) is 14.3. The maximum Gasteiger partial charge on any atom is 0.227 e. The van der Waals surface area contributed by atoms with Gasteiger partial charge in [-0.15, -0.1) is 0 Å². The van der Waals surface area contributed by atoms with E-state index >= 15 is 0 Å². The van der Waals surface area contributed by atoms with Crippen molar-refractivity contribution in [3.05, 3.63) is 78.0 Å². The molecule has 1 saturated heterocycles. The number of carbonyl (C=O) groups excluding carboxylic acids is 1. The van der Waals surface area contributed by atoms with Crippen LogP contribution in [0, 0.1) is 5.82 Å². The van der Waals surface area contributed by atoms with E-state index in [1.165, 1.54) is 6.07 Å². The van der Waals surface area contributed by atoms with Crippen molar-refractivity contribution < 1.29 is 13.9 Å². The van der Waals surface area contributed by atoms with Gasteiger partial charge in [-0.2, -0.15) is 0 Å². The van der Waals surface area contributed by atoms with Gasteiger partial charge in [0, 0.05) is 6.54 Å². The minimum Gasteiger partial charge on any atom is -0.497 e. The largest absolute Gasteiger partial charge is 0.497 e. The number of ether oxygens (including phenoxy) is 1. The quantitative estimate of drug-likeness (QED) is 0.662. The summed E-state index contributed by atoms with van der Waals surface area (Å²) >= 11 is 0. The number of hydrogen-bond acceptors (Lipinski definition) is 5. The second-order valence-corrected chi connectivity index (χ2v) is 7.23. The highest BCUT2D eigenvalue weighted by Crippen LogP contribution is 2.32. The van der Waals surface area contributed by atoms with Crippen LogP contribution in [0.25, 0.3) is 0 Å². The highest BCUT2D eigenvalue weighted by Gasteiger charge is 2.30. The second-order valence-electron chi connectivity index (χ2n) is 7.23. The third-order valence-electron chi connectivity index (χ3n) is 5.19. The van der Waals surface area contributed by atoms with Crippen LogP contribution in [-0.2, 0) is 11.2 Å². The summed E-state index contributed by atoms with van der Waals surface area (Å²) in [5.41, 5.74) is 2.55. The molecule has 1 amide bonds. The van der Waals surface area contributed by atoms with Crippen LogP contribution >= 0.6 is 0 Å². The van der Waals surface area contributed by atoms with Crippen molar-refractivity contribution in [2.24, 2.45) is 0 Å². The van der Waals surface area contributed by atoms with Gasteiger partial charge in [-0.1, -0.05) is 12.1 Å². The van der Waals surface area contributed by atoms with Crippen LogP contribution in [0.3, 0.4) is 0 Å². The van der Waals surface area contributed by atoms with E-state index < -0.39 is 0 Å². The number of nitrogens with zero attached hydrogens (tertiary/aromatic N) is 3. The lowest BCUT2D eigenvalue weighted by molar-refractivity contribution is -0.131. The highest BCUT2D eigenvalue weighted by atomic mass is 19.1. The molecule has 3 heterocycles. The minimum atomic E-state index is -0.381. The Morgan fingerprint density at radius 3 is 2.83 bits per heavy atom. The third kappa shape index (κ3) is 4.56. The smallest absolute Gasteiger partial charge is 0.227 e. The average Bonchev–Trinajstić information content (AvgIpc) is 3.26. The Labute approximate surface area is 174 Å². The van der Waals surface area contributed by atoms with Crippen molar-refractivity contribution >= 4 is 17.4 Å². The van der Waals surface area contributed by atoms with Crippen LogP contribution in [0.1, 0.15) is 30.1 Å². The molecule has 1 aromatic carbocycles. The van der Waals surface area contributed by atoms with E-state index in [2.05, 4.69) is 15.3 Å². The molecule has 7 heteroatoms. The number of amides is 1. The summed E-state index contributed by atoms with van der Waals surface area (Å²) in [7, 11) is 1.62. The number of rotatable bonds is 6. The van der Waals surface area contributed by atoms with E-state index in [4.69, 9.17) is 4.74 Å². The molecule has 154 valence electrons. The fourth-order valence-electron chi connectivity index (χ4n) is 3.71. The molecule has 0 unspecified atom stereocenters. The summed E-state index contributed by atoms with van der Waals surface area (Å²) in [6.45, 7) is 0.731. The molecule has 1 aliphatic rings. The van der Waals surface area contributed by atoms with E-state index in [1.807, 2.05) is 41.3 Å². The first-order chi connectivity index (χ1) is 14.6. The summed E-state index contributed by atoms with van der Waals surface area (Å²) in [5, 5.41) is 3.09. The van der Waals surface area contributed by atoms with E-state index in [9.17, 15) is 9.18 Å². The maximum atomic E-state index is 13.0. The first-order valence-corrected chi connectivity index (χ1v) is 9.89.